The molecule has 1 rings (SSSR count). The highest BCUT2D eigenvalue weighted by molar-refractivity contribution is 5.02. The molecule has 3 heteroatoms. The number of rotatable bonds is 2. The molecule has 0 spiro atoms. The lowest BCUT2D eigenvalue weighted by molar-refractivity contribution is 0.588. The van der Waals surface area contributed by atoms with Crippen LogP contribution in [0.4, 0.5) is 0 Å². The Kier molecular flexibility index (Phi) is 3.27. The lowest BCUT2D eigenvalue weighted by Crippen LogP contribution is -2.21. The van der Waals surface area contributed by atoms with E-state index in [1.165, 1.54) is 4.68 Å². The second-order valence-corrected chi connectivity index (χ2v) is 2.77. The van der Waals surface area contributed by atoms with E-state index < -0.39 is 0 Å². The average molecular weight is 176 g/mol. The Balaban J connectivity index is 2.76. The van der Waals surface area contributed by atoms with Crippen molar-refractivity contribution in [2.75, 3.05) is 0 Å². The minimum atomic E-state index is -0.0575. The molecule has 0 atom stereocenters. The van der Waals surface area contributed by atoms with Crippen LogP contribution in [0.25, 0.3) is 0 Å². The second-order valence-electron chi connectivity index (χ2n) is 2.77. The molecule has 0 fully saturated rings. The zero-order chi connectivity index (χ0) is 9.68. The molecule has 13 heavy (non-hydrogen) atoms. The van der Waals surface area contributed by atoms with E-state index >= 15 is 0 Å². The molecular weight excluding hydrogens is 164 g/mol. The third-order valence-electron chi connectivity index (χ3n) is 1.63. The van der Waals surface area contributed by atoms with Crippen molar-refractivity contribution in [2.24, 2.45) is 0 Å². The summed E-state index contributed by atoms with van der Waals surface area (Å²) in [7, 11) is 0. The molecule has 0 N–H and O–H groups in total. The maximum atomic E-state index is 11.3. The first-order valence-electron chi connectivity index (χ1n) is 4.17. The molecule has 0 unspecified atom stereocenters. The number of nitrogens with zero attached hydrogens (tertiary/aromatic N) is 2. The highest BCUT2D eigenvalue weighted by Gasteiger charge is 1.94. The first-order valence-corrected chi connectivity index (χ1v) is 4.17. The van der Waals surface area contributed by atoms with Crippen molar-refractivity contribution >= 4 is 0 Å². The van der Waals surface area contributed by atoms with Crippen LogP contribution in [-0.2, 0) is 6.54 Å². The first-order chi connectivity index (χ1) is 6.24. The molecule has 68 valence electrons. The van der Waals surface area contributed by atoms with Crippen molar-refractivity contribution in [3.63, 3.8) is 0 Å². The van der Waals surface area contributed by atoms with Crippen LogP contribution in [0.3, 0.4) is 0 Å². The summed E-state index contributed by atoms with van der Waals surface area (Å²) >= 11 is 0. The largest absolute Gasteiger partial charge is 0.268 e. The molecule has 0 saturated carbocycles. The molecule has 0 aliphatic heterocycles. The molecule has 1 aromatic rings. The van der Waals surface area contributed by atoms with Crippen LogP contribution in [-0.4, -0.2) is 9.78 Å². The fourth-order valence-corrected chi connectivity index (χ4v) is 0.979. The van der Waals surface area contributed by atoms with Crippen molar-refractivity contribution < 1.29 is 0 Å². The number of aryl methyl sites for hydroxylation is 2. The molecule has 0 saturated heterocycles. The summed E-state index contributed by atoms with van der Waals surface area (Å²) in [5, 5.41) is 3.99. The van der Waals surface area contributed by atoms with Gasteiger partial charge in [0.15, 0.2) is 0 Å². The van der Waals surface area contributed by atoms with E-state index in [1.54, 1.807) is 19.2 Å². The zero-order valence-electron chi connectivity index (χ0n) is 7.87. The molecule has 0 aromatic carbocycles. The van der Waals surface area contributed by atoms with Gasteiger partial charge in [-0.15, -0.1) is 11.8 Å². The van der Waals surface area contributed by atoms with Crippen LogP contribution in [0.2, 0.25) is 0 Å². The van der Waals surface area contributed by atoms with Crippen molar-refractivity contribution in [2.45, 2.75) is 26.8 Å². The Bertz CT molecular complexity index is 395. The van der Waals surface area contributed by atoms with Crippen LogP contribution in [0.5, 0.6) is 0 Å². The summed E-state index contributed by atoms with van der Waals surface area (Å²) in [6, 6.07) is 1.58. The lowest BCUT2D eigenvalue weighted by atomic mass is 10.3. The van der Waals surface area contributed by atoms with E-state index in [4.69, 9.17) is 0 Å². The summed E-state index contributed by atoms with van der Waals surface area (Å²) < 4.78 is 1.43. The van der Waals surface area contributed by atoms with Gasteiger partial charge < -0.3 is 0 Å². The van der Waals surface area contributed by atoms with Gasteiger partial charge in [0.05, 0.1) is 12.7 Å². The van der Waals surface area contributed by atoms with Gasteiger partial charge in [-0.2, -0.15) is 5.10 Å². The van der Waals surface area contributed by atoms with Crippen molar-refractivity contribution in [3.8, 4) is 11.8 Å². The summed E-state index contributed by atoms with van der Waals surface area (Å²) in [6.45, 7) is 4.20. The Morgan fingerprint density at radius 3 is 3.00 bits per heavy atom. The Hall–Kier alpha value is -1.56. The van der Waals surface area contributed by atoms with E-state index in [1.807, 2.05) is 6.92 Å². The van der Waals surface area contributed by atoms with Gasteiger partial charge in [-0.25, -0.2) is 4.68 Å². The van der Waals surface area contributed by atoms with Crippen LogP contribution in [0, 0.1) is 18.8 Å². The lowest BCUT2D eigenvalue weighted by Gasteiger charge is -2.00. The highest BCUT2D eigenvalue weighted by atomic mass is 16.1. The molecule has 1 aromatic heterocycles. The molecular formula is C10H12N2O. The van der Waals surface area contributed by atoms with Crippen molar-refractivity contribution in [3.05, 3.63) is 28.2 Å². The van der Waals surface area contributed by atoms with Gasteiger partial charge in [-0.1, -0.05) is 0 Å². The van der Waals surface area contributed by atoms with Gasteiger partial charge in [0, 0.05) is 12.5 Å². The molecule has 1 heterocycles. The Labute approximate surface area is 77.4 Å². The zero-order valence-corrected chi connectivity index (χ0v) is 7.87. The third-order valence-corrected chi connectivity index (χ3v) is 1.63. The SMILES string of the molecule is CC#CCCn1ncc(C)cc1=O. The van der Waals surface area contributed by atoms with Crippen LogP contribution in [0.1, 0.15) is 18.9 Å². The van der Waals surface area contributed by atoms with Gasteiger partial charge >= 0.3 is 0 Å². The molecule has 0 bridgehead atoms. The van der Waals surface area contributed by atoms with E-state index in [0.717, 1.165) is 5.56 Å². The smallest absolute Gasteiger partial charge is 0.267 e. The van der Waals surface area contributed by atoms with Crippen molar-refractivity contribution in [1.29, 1.82) is 0 Å². The number of hydrogen-bond acceptors (Lipinski definition) is 2. The fourth-order valence-electron chi connectivity index (χ4n) is 0.979. The van der Waals surface area contributed by atoms with E-state index in [2.05, 4.69) is 16.9 Å². The molecule has 0 radical (unpaired) electrons. The van der Waals surface area contributed by atoms with Gasteiger partial charge in [-0.05, 0) is 19.4 Å². The van der Waals surface area contributed by atoms with Crippen LogP contribution in [0.15, 0.2) is 17.1 Å². The Morgan fingerprint density at radius 2 is 2.38 bits per heavy atom. The van der Waals surface area contributed by atoms with E-state index in [0.29, 0.717) is 13.0 Å². The predicted molar refractivity (Wildman–Crippen MR) is 51.3 cm³/mol. The topological polar surface area (TPSA) is 34.9 Å². The molecule has 0 aliphatic rings. The summed E-state index contributed by atoms with van der Waals surface area (Å²) in [6.07, 6.45) is 2.35. The van der Waals surface area contributed by atoms with Gasteiger partial charge in [-0.3, -0.25) is 4.79 Å². The summed E-state index contributed by atoms with van der Waals surface area (Å²) in [5.74, 6) is 5.66. The van der Waals surface area contributed by atoms with Gasteiger partial charge in [0.25, 0.3) is 5.56 Å². The minimum Gasteiger partial charge on any atom is -0.268 e. The first kappa shape index (κ1) is 9.53. The maximum Gasteiger partial charge on any atom is 0.267 e. The number of hydrogen-bond donors (Lipinski definition) is 0. The molecule has 3 nitrogen and oxygen atoms in total. The van der Waals surface area contributed by atoms with E-state index in [9.17, 15) is 4.79 Å². The van der Waals surface area contributed by atoms with Gasteiger partial charge in [0.1, 0.15) is 0 Å². The van der Waals surface area contributed by atoms with Gasteiger partial charge in [0.2, 0.25) is 0 Å². The minimum absolute atomic E-state index is 0.0575. The quantitative estimate of drug-likeness (QED) is 0.629. The monoisotopic (exact) mass is 176 g/mol. The standard InChI is InChI=1S/C10H12N2O/c1-3-4-5-6-12-10(13)7-9(2)8-11-12/h7-8H,5-6H2,1-2H3. The summed E-state index contributed by atoms with van der Waals surface area (Å²) in [4.78, 5) is 11.3. The predicted octanol–water partition coefficient (Wildman–Crippen LogP) is 0.965. The molecule has 0 amide bonds. The Morgan fingerprint density at radius 1 is 1.62 bits per heavy atom. The second kappa shape index (κ2) is 4.46. The normalized spacial score (nSPS) is 9.08. The highest BCUT2D eigenvalue weighted by Crippen LogP contribution is 1.87. The van der Waals surface area contributed by atoms with E-state index in [-0.39, 0.29) is 5.56 Å². The van der Waals surface area contributed by atoms with Crippen LogP contribution >= 0.6 is 0 Å². The maximum absolute atomic E-state index is 11.3. The number of aromatic nitrogens is 2. The van der Waals surface area contributed by atoms with Crippen LogP contribution < -0.4 is 5.56 Å². The summed E-state index contributed by atoms with van der Waals surface area (Å²) in [5.41, 5.74) is 0.834. The van der Waals surface area contributed by atoms with Crippen molar-refractivity contribution in [1.82, 2.24) is 9.78 Å². The third kappa shape index (κ3) is 2.75. The average Bonchev–Trinajstić information content (AvgIpc) is 2.09. The molecule has 0 aliphatic carbocycles. The fraction of sp³-hybridized carbons (Fsp3) is 0.400.